The van der Waals surface area contributed by atoms with Crippen LogP contribution in [0.3, 0.4) is 0 Å². The molecule has 0 atom stereocenters. The van der Waals surface area contributed by atoms with Gasteiger partial charge in [-0.15, -0.1) is 0 Å². The number of anilines is 2. The molecule has 0 spiro atoms. The molecule has 4 N–H and O–H groups in total. The van der Waals surface area contributed by atoms with Crippen LogP contribution in [0.4, 0.5) is 17.3 Å². The van der Waals surface area contributed by atoms with Crippen LogP contribution in [-0.4, -0.2) is 26.4 Å². The van der Waals surface area contributed by atoms with Gasteiger partial charge in [0.25, 0.3) is 0 Å². The maximum atomic E-state index is 11.0. The lowest BCUT2D eigenvalue weighted by Gasteiger charge is -2.06. The minimum atomic E-state index is -0.580. The van der Waals surface area contributed by atoms with Gasteiger partial charge in [-0.2, -0.15) is 0 Å². The van der Waals surface area contributed by atoms with Crippen molar-refractivity contribution in [2.45, 2.75) is 6.42 Å². The lowest BCUT2D eigenvalue weighted by Crippen LogP contribution is -2.10. The number of benzene rings is 1. The molecule has 3 rings (SSSR count). The minimum Gasteiger partial charge on any atom is -0.378 e. The first-order chi connectivity index (χ1) is 10.7. The summed E-state index contributed by atoms with van der Waals surface area (Å²) in [5, 5.41) is 15.1. The van der Waals surface area contributed by atoms with Crippen molar-refractivity contribution in [1.29, 1.82) is 0 Å². The highest BCUT2D eigenvalue weighted by Gasteiger charge is 2.20. The highest BCUT2D eigenvalue weighted by molar-refractivity contribution is 5.83. The first-order valence-electron chi connectivity index (χ1n) is 6.70. The molecule has 0 fully saturated rings. The van der Waals surface area contributed by atoms with Gasteiger partial charge in [0.2, 0.25) is 11.6 Å². The number of aromatic amines is 1. The van der Waals surface area contributed by atoms with Crippen molar-refractivity contribution in [3.05, 3.63) is 52.5 Å². The van der Waals surface area contributed by atoms with E-state index in [9.17, 15) is 10.1 Å². The van der Waals surface area contributed by atoms with Crippen molar-refractivity contribution in [3.8, 4) is 0 Å². The van der Waals surface area contributed by atoms with Crippen LogP contribution in [0.1, 0.15) is 5.56 Å². The summed E-state index contributed by atoms with van der Waals surface area (Å²) in [6.45, 7) is 0.499. The number of hydrogen-bond acceptors (Lipinski definition) is 6. The normalized spacial score (nSPS) is 10.7. The molecule has 8 nitrogen and oxygen atoms in total. The number of fused-ring (bicyclic) bond motifs is 1. The van der Waals surface area contributed by atoms with Crippen LogP contribution in [0.15, 0.2) is 36.8 Å². The number of nitrogens with two attached hydrogens (primary N) is 1. The SMILES string of the molecule is Nc1ncnc(NCCc2c[nH]c3ccccc23)c1[N+](=O)[O-]. The molecule has 0 aliphatic rings. The Balaban J connectivity index is 1.74. The first-order valence-corrected chi connectivity index (χ1v) is 6.70. The second-order valence-corrected chi connectivity index (χ2v) is 4.75. The van der Waals surface area contributed by atoms with E-state index >= 15 is 0 Å². The largest absolute Gasteiger partial charge is 0.378 e. The molecular weight excluding hydrogens is 284 g/mol. The van der Waals surface area contributed by atoms with Gasteiger partial charge in [-0.1, -0.05) is 18.2 Å². The number of para-hydroxylation sites is 1. The van der Waals surface area contributed by atoms with E-state index in [1.165, 1.54) is 6.33 Å². The summed E-state index contributed by atoms with van der Waals surface area (Å²) in [6, 6.07) is 7.98. The summed E-state index contributed by atoms with van der Waals surface area (Å²) in [6.07, 6.45) is 3.84. The zero-order chi connectivity index (χ0) is 15.5. The highest BCUT2D eigenvalue weighted by Crippen LogP contribution is 2.26. The molecule has 0 saturated heterocycles. The summed E-state index contributed by atoms with van der Waals surface area (Å²) in [7, 11) is 0. The number of nitrogens with zero attached hydrogens (tertiary/aromatic N) is 3. The van der Waals surface area contributed by atoms with Crippen molar-refractivity contribution in [1.82, 2.24) is 15.0 Å². The third-order valence-corrected chi connectivity index (χ3v) is 3.39. The van der Waals surface area contributed by atoms with Gasteiger partial charge in [0.15, 0.2) is 0 Å². The zero-order valence-electron chi connectivity index (χ0n) is 11.6. The van der Waals surface area contributed by atoms with Gasteiger partial charge in [-0.3, -0.25) is 10.1 Å². The van der Waals surface area contributed by atoms with Crippen LogP contribution in [0, 0.1) is 10.1 Å². The van der Waals surface area contributed by atoms with Crippen LogP contribution in [0.25, 0.3) is 10.9 Å². The summed E-state index contributed by atoms with van der Waals surface area (Å²) in [5.41, 5.74) is 7.43. The Labute approximate surface area is 125 Å². The average molecular weight is 298 g/mol. The summed E-state index contributed by atoms with van der Waals surface area (Å²) in [4.78, 5) is 21.2. The molecule has 0 aliphatic carbocycles. The number of nitrogens with one attached hydrogen (secondary N) is 2. The molecule has 0 aliphatic heterocycles. The van der Waals surface area contributed by atoms with Crippen LogP contribution >= 0.6 is 0 Å². The van der Waals surface area contributed by atoms with Gasteiger partial charge in [0.05, 0.1) is 4.92 Å². The van der Waals surface area contributed by atoms with E-state index in [1.807, 2.05) is 30.5 Å². The smallest absolute Gasteiger partial charge is 0.352 e. The molecule has 1 aromatic carbocycles. The number of nitrogen functional groups attached to an aromatic ring is 1. The number of hydrogen-bond donors (Lipinski definition) is 3. The molecule has 3 aromatic rings. The second-order valence-electron chi connectivity index (χ2n) is 4.75. The molecule has 0 unspecified atom stereocenters. The van der Waals surface area contributed by atoms with E-state index in [4.69, 9.17) is 5.73 Å². The van der Waals surface area contributed by atoms with Gasteiger partial charge in [-0.05, 0) is 18.1 Å². The Bertz CT molecular complexity index is 829. The average Bonchev–Trinajstić information content (AvgIpc) is 2.90. The minimum absolute atomic E-state index is 0.136. The Morgan fingerprint density at radius 3 is 2.95 bits per heavy atom. The number of aromatic nitrogens is 3. The van der Waals surface area contributed by atoms with E-state index in [0.717, 1.165) is 16.5 Å². The van der Waals surface area contributed by atoms with E-state index < -0.39 is 4.92 Å². The Kier molecular flexibility index (Phi) is 3.57. The Hall–Kier alpha value is -3.16. The van der Waals surface area contributed by atoms with Crippen LogP contribution in [-0.2, 0) is 6.42 Å². The lowest BCUT2D eigenvalue weighted by atomic mass is 10.1. The molecule has 112 valence electrons. The van der Waals surface area contributed by atoms with Crippen molar-refractivity contribution >= 4 is 28.2 Å². The fraction of sp³-hybridized carbons (Fsp3) is 0.143. The van der Waals surface area contributed by atoms with Gasteiger partial charge in [0.1, 0.15) is 6.33 Å². The number of H-pyrrole nitrogens is 1. The Morgan fingerprint density at radius 2 is 2.14 bits per heavy atom. The molecule has 2 heterocycles. The lowest BCUT2D eigenvalue weighted by molar-refractivity contribution is -0.383. The monoisotopic (exact) mass is 298 g/mol. The predicted octanol–water partition coefficient (Wildman–Crippen LogP) is 2.10. The number of rotatable bonds is 5. The molecule has 8 heteroatoms. The summed E-state index contributed by atoms with van der Waals surface area (Å²) in [5.74, 6) is -0.00747. The van der Waals surface area contributed by atoms with E-state index in [2.05, 4.69) is 20.3 Å². The second kappa shape index (κ2) is 5.68. The quantitative estimate of drug-likeness (QED) is 0.489. The summed E-state index contributed by atoms with van der Waals surface area (Å²) >= 11 is 0. The summed E-state index contributed by atoms with van der Waals surface area (Å²) < 4.78 is 0. The highest BCUT2D eigenvalue weighted by atomic mass is 16.6. The van der Waals surface area contributed by atoms with Gasteiger partial charge < -0.3 is 16.0 Å². The Morgan fingerprint density at radius 1 is 1.32 bits per heavy atom. The topological polar surface area (TPSA) is 123 Å². The molecule has 2 aromatic heterocycles. The van der Waals surface area contributed by atoms with Crippen molar-refractivity contribution in [3.63, 3.8) is 0 Å². The van der Waals surface area contributed by atoms with Gasteiger partial charge in [-0.25, -0.2) is 9.97 Å². The predicted molar refractivity (Wildman–Crippen MR) is 83.6 cm³/mol. The van der Waals surface area contributed by atoms with E-state index in [0.29, 0.717) is 13.0 Å². The van der Waals surface area contributed by atoms with Crippen LogP contribution in [0.2, 0.25) is 0 Å². The standard InChI is InChI=1S/C14H14N6O2/c15-13-12(20(21)22)14(19-8-18-13)16-6-5-9-7-17-11-4-2-1-3-10(9)11/h1-4,7-8,17H,5-6H2,(H3,15,16,18,19). The molecular formula is C14H14N6O2. The van der Waals surface area contributed by atoms with Crippen LogP contribution in [0.5, 0.6) is 0 Å². The molecule has 22 heavy (non-hydrogen) atoms. The molecule has 0 amide bonds. The number of nitro groups is 1. The van der Waals surface area contributed by atoms with Gasteiger partial charge >= 0.3 is 5.69 Å². The van der Waals surface area contributed by atoms with E-state index in [1.54, 1.807) is 0 Å². The third kappa shape index (κ3) is 2.53. The third-order valence-electron chi connectivity index (χ3n) is 3.39. The van der Waals surface area contributed by atoms with E-state index in [-0.39, 0.29) is 17.3 Å². The molecule has 0 radical (unpaired) electrons. The van der Waals surface area contributed by atoms with Crippen molar-refractivity contribution < 1.29 is 4.92 Å². The maximum absolute atomic E-state index is 11.0. The maximum Gasteiger partial charge on any atom is 0.352 e. The van der Waals surface area contributed by atoms with Crippen LogP contribution < -0.4 is 11.1 Å². The fourth-order valence-corrected chi connectivity index (χ4v) is 2.36. The van der Waals surface area contributed by atoms with Gasteiger partial charge in [0, 0.05) is 23.6 Å². The zero-order valence-corrected chi connectivity index (χ0v) is 11.6. The fourth-order valence-electron chi connectivity index (χ4n) is 2.36. The van der Waals surface area contributed by atoms with Crippen molar-refractivity contribution in [2.75, 3.05) is 17.6 Å². The van der Waals surface area contributed by atoms with Crippen molar-refractivity contribution in [2.24, 2.45) is 0 Å². The first kappa shape index (κ1) is 13.8. The molecule has 0 bridgehead atoms. The molecule has 0 saturated carbocycles.